The molecule has 1 aliphatic rings. The number of rotatable bonds is 4. The molecule has 0 aliphatic carbocycles. The summed E-state index contributed by atoms with van der Waals surface area (Å²) in [5.41, 5.74) is 2.92. The molecule has 0 radical (unpaired) electrons. The molecule has 0 saturated carbocycles. The Morgan fingerprint density at radius 3 is 2.54 bits per heavy atom. The van der Waals surface area contributed by atoms with Gasteiger partial charge >= 0.3 is 0 Å². The predicted octanol–water partition coefficient (Wildman–Crippen LogP) is 2.94. The number of benzene rings is 2. The second-order valence-corrected chi connectivity index (χ2v) is 8.43. The van der Waals surface area contributed by atoms with E-state index in [1.54, 1.807) is 24.3 Å². The lowest BCUT2D eigenvalue weighted by atomic mass is 10.0. The summed E-state index contributed by atoms with van der Waals surface area (Å²) in [4.78, 5) is 0.306. The summed E-state index contributed by atoms with van der Waals surface area (Å²) in [5, 5.41) is 3.97. The summed E-state index contributed by atoms with van der Waals surface area (Å²) >= 11 is 6.44. The maximum atomic E-state index is 11.5. The Morgan fingerprint density at radius 2 is 1.96 bits per heavy atom. The van der Waals surface area contributed by atoms with Crippen LogP contribution in [0.5, 0.6) is 0 Å². The van der Waals surface area contributed by atoms with Crippen LogP contribution in [-0.4, -0.2) is 40.5 Å². The van der Waals surface area contributed by atoms with Crippen molar-refractivity contribution in [2.45, 2.75) is 17.4 Å². The Hall–Kier alpha value is -1.40. The quantitative estimate of drug-likeness (QED) is 0.905. The molecular weight excluding hydrogens is 346 g/mol. The second-order valence-electron chi connectivity index (χ2n) is 6.01. The van der Waals surface area contributed by atoms with Gasteiger partial charge in [-0.05, 0) is 35.7 Å². The van der Waals surface area contributed by atoms with Crippen LogP contribution in [0.15, 0.2) is 47.4 Å². The first-order valence-electron chi connectivity index (χ1n) is 7.85. The lowest BCUT2D eigenvalue weighted by Gasteiger charge is -2.23. The molecule has 0 aromatic heterocycles. The molecule has 1 saturated heterocycles. The first kappa shape index (κ1) is 17.4. The third kappa shape index (κ3) is 4.16. The van der Waals surface area contributed by atoms with E-state index >= 15 is 0 Å². The van der Waals surface area contributed by atoms with Gasteiger partial charge in [0, 0.05) is 29.9 Å². The number of ether oxygens (including phenoxy) is 1. The highest BCUT2D eigenvalue weighted by atomic mass is 35.5. The van der Waals surface area contributed by atoms with Crippen LogP contribution in [0, 0.1) is 0 Å². The summed E-state index contributed by atoms with van der Waals surface area (Å²) in [6, 6.07) is 12.8. The number of halogens is 1. The molecule has 0 bridgehead atoms. The van der Waals surface area contributed by atoms with Crippen molar-refractivity contribution in [3.05, 3.63) is 53.1 Å². The fourth-order valence-corrected chi connectivity index (χ4v) is 3.76. The van der Waals surface area contributed by atoms with E-state index in [1.165, 1.54) is 6.26 Å². The molecule has 6 heteroatoms. The molecule has 1 aliphatic heterocycles. The zero-order valence-corrected chi connectivity index (χ0v) is 15.0. The van der Waals surface area contributed by atoms with Gasteiger partial charge in [-0.2, -0.15) is 0 Å². The normalized spacial score (nSPS) is 18.5. The van der Waals surface area contributed by atoms with Gasteiger partial charge in [0.05, 0.1) is 17.6 Å². The lowest BCUT2D eigenvalue weighted by molar-refractivity contribution is 0.0292. The molecule has 2 aromatic rings. The zero-order chi connectivity index (χ0) is 17.2. The van der Waals surface area contributed by atoms with Gasteiger partial charge in [0.15, 0.2) is 9.84 Å². The summed E-state index contributed by atoms with van der Waals surface area (Å²) in [6.07, 6.45) is 2.20. The Morgan fingerprint density at radius 1 is 1.21 bits per heavy atom. The number of sulfone groups is 1. The average molecular weight is 366 g/mol. The van der Waals surface area contributed by atoms with Crippen LogP contribution < -0.4 is 5.32 Å². The first-order chi connectivity index (χ1) is 11.4. The van der Waals surface area contributed by atoms with Gasteiger partial charge in [0.1, 0.15) is 0 Å². The molecule has 0 spiro atoms. The van der Waals surface area contributed by atoms with Crippen molar-refractivity contribution in [2.75, 3.05) is 26.0 Å². The van der Waals surface area contributed by atoms with Gasteiger partial charge in [-0.15, -0.1) is 0 Å². The van der Waals surface area contributed by atoms with Crippen LogP contribution in [0.3, 0.4) is 0 Å². The van der Waals surface area contributed by atoms with E-state index in [0.717, 1.165) is 42.8 Å². The minimum absolute atomic E-state index is 0.176. The maximum Gasteiger partial charge on any atom is 0.175 e. The minimum Gasteiger partial charge on any atom is -0.375 e. The number of nitrogens with one attached hydrogen (secondary N) is 1. The Balaban J connectivity index is 1.79. The van der Waals surface area contributed by atoms with Crippen molar-refractivity contribution in [3.63, 3.8) is 0 Å². The third-order valence-electron chi connectivity index (χ3n) is 4.09. The highest BCUT2D eigenvalue weighted by Crippen LogP contribution is 2.30. The summed E-state index contributed by atoms with van der Waals surface area (Å²) < 4.78 is 28.8. The lowest BCUT2D eigenvalue weighted by Crippen LogP contribution is -2.39. The zero-order valence-electron chi connectivity index (χ0n) is 13.5. The van der Waals surface area contributed by atoms with E-state index in [0.29, 0.717) is 9.92 Å². The van der Waals surface area contributed by atoms with Crippen molar-refractivity contribution in [1.82, 2.24) is 5.32 Å². The van der Waals surface area contributed by atoms with Crippen LogP contribution in [0.4, 0.5) is 0 Å². The summed E-state index contributed by atoms with van der Waals surface area (Å²) in [5.74, 6) is 0. The highest BCUT2D eigenvalue weighted by molar-refractivity contribution is 7.90. The second kappa shape index (κ2) is 7.23. The van der Waals surface area contributed by atoms with E-state index in [9.17, 15) is 8.42 Å². The van der Waals surface area contributed by atoms with Crippen molar-refractivity contribution in [2.24, 2.45) is 0 Å². The van der Waals surface area contributed by atoms with E-state index in [2.05, 4.69) is 5.32 Å². The fraction of sp³-hybridized carbons (Fsp3) is 0.333. The number of hydrogen-bond acceptors (Lipinski definition) is 4. The van der Waals surface area contributed by atoms with E-state index in [1.807, 2.05) is 18.2 Å². The summed E-state index contributed by atoms with van der Waals surface area (Å²) in [6.45, 7) is 2.50. The Labute approximate surface area is 147 Å². The van der Waals surface area contributed by atoms with Gasteiger partial charge < -0.3 is 10.1 Å². The molecule has 3 rings (SSSR count). The molecular formula is C18H20ClNO3S. The number of morpholine rings is 1. The van der Waals surface area contributed by atoms with Gasteiger partial charge in [0.25, 0.3) is 0 Å². The number of hydrogen-bond donors (Lipinski definition) is 1. The Kier molecular flexibility index (Phi) is 5.25. The Bertz CT molecular complexity index is 813. The third-order valence-corrected chi connectivity index (χ3v) is 5.54. The standard InChI is InChI=1S/C18H20ClNO3S/c1-24(21,22)16-5-3-14(4-6-16)17-7-2-13(11-18(17)19)10-15-12-20-8-9-23-15/h2-7,11,15,20H,8-10,12H2,1H3/t15-/m1/s1. The van der Waals surface area contributed by atoms with E-state index in [-0.39, 0.29) is 6.10 Å². The largest absolute Gasteiger partial charge is 0.375 e. The van der Waals surface area contributed by atoms with Crippen LogP contribution >= 0.6 is 11.6 Å². The minimum atomic E-state index is -3.19. The smallest absolute Gasteiger partial charge is 0.175 e. The van der Waals surface area contributed by atoms with Gasteiger partial charge in [-0.1, -0.05) is 35.9 Å². The van der Waals surface area contributed by atoms with Crippen molar-refractivity contribution >= 4 is 21.4 Å². The highest BCUT2D eigenvalue weighted by Gasteiger charge is 2.15. The maximum absolute atomic E-state index is 11.5. The van der Waals surface area contributed by atoms with Crippen LogP contribution in [0.25, 0.3) is 11.1 Å². The van der Waals surface area contributed by atoms with Gasteiger partial charge in [-0.25, -0.2) is 8.42 Å². The van der Waals surface area contributed by atoms with Crippen molar-refractivity contribution < 1.29 is 13.2 Å². The topological polar surface area (TPSA) is 55.4 Å². The molecule has 1 heterocycles. The van der Waals surface area contributed by atoms with E-state index in [4.69, 9.17) is 16.3 Å². The van der Waals surface area contributed by atoms with Crippen LogP contribution in [0.1, 0.15) is 5.56 Å². The van der Waals surface area contributed by atoms with Crippen molar-refractivity contribution in [1.29, 1.82) is 0 Å². The molecule has 1 fully saturated rings. The predicted molar refractivity (Wildman–Crippen MR) is 96.3 cm³/mol. The molecule has 1 atom stereocenters. The molecule has 2 aromatic carbocycles. The molecule has 128 valence electrons. The van der Waals surface area contributed by atoms with Crippen LogP contribution in [0.2, 0.25) is 5.02 Å². The molecule has 4 nitrogen and oxygen atoms in total. The molecule has 24 heavy (non-hydrogen) atoms. The summed E-state index contributed by atoms with van der Waals surface area (Å²) in [7, 11) is -3.19. The van der Waals surface area contributed by atoms with Crippen LogP contribution in [-0.2, 0) is 21.0 Å². The molecule has 1 N–H and O–H groups in total. The molecule has 0 amide bonds. The molecule has 0 unspecified atom stereocenters. The monoisotopic (exact) mass is 365 g/mol. The van der Waals surface area contributed by atoms with Gasteiger partial charge in [0.2, 0.25) is 0 Å². The van der Waals surface area contributed by atoms with E-state index < -0.39 is 9.84 Å². The average Bonchev–Trinajstić information content (AvgIpc) is 2.55. The van der Waals surface area contributed by atoms with Crippen molar-refractivity contribution in [3.8, 4) is 11.1 Å². The SMILES string of the molecule is CS(=O)(=O)c1ccc(-c2ccc(C[C@@H]3CNCCO3)cc2Cl)cc1. The first-order valence-corrected chi connectivity index (χ1v) is 10.1. The van der Waals surface area contributed by atoms with Gasteiger partial charge in [-0.3, -0.25) is 0 Å². The fourth-order valence-electron chi connectivity index (χ4n) is 2.82.